The molecule has 16 nitrogen and oxygen atoms in total. The van der Waals surface area contributed by atoms with Crippen LogP contribution in [0.5, 0.6) is 0 Å². The van der Waals surface area contributed by atoms with Crippen LogP contribution in [0.15, 0.2) is 0 Å². The van der Waals surface area contributed by atoms with E-state index in [1.54, 1.807) is 0 Å². The Morgan fingerprint density at radius 1 is 0.676 bits per heavy atom. The van der Waals surface area contributed by atoms with Gasteiger partial charge < -0.3 is 75.0 Å². The van der Waals surface area contributed by atoms with Gasteiger partial charge in [0.1, 0.15) is 73.2 Å². The van der Waals surface area contributed by atoms with Crippen LogP contribution in [0, 0.1) is 0 Å². The highest BCUT2D eigenvalue weighted by Gasteiger charge is 2.53. The van der Waals surface area contributed by atoms with Crippen LogP contribution in [0.1, 0.15) is 13.8 Å². The number of nitrogens with one attached hydrogen (secondary N) is 1. The molecule has 37 heavy (non-hydrogen) atoms. The maximum absolute atomic E-state index is 11.9. The minimum Gasteiger partial charge on any atom is -0.394 e. The van der Waals surface area contributed by atoms with Gasteiger partial charge in [0.25, 0.3) is 0 Å². The second-order valence-electron chi connectivity index (χ2n) is 9.38. The summed E-state index contributed by atoms with van der Waals surface area (Å²) in [5.41, 5.74) is 0. The van der Waals surface area contributed by atoms with Gasteiger partial charge in [0.15, 0.2) is 12.6 Å². The van der Waals surface area contributed by atoms with E-state index in [0.717, 1.165) is 6.92 Å². The average Bonchev–Trinajstić information content (AvgIpc) is 2.86. The van der Waals surface area contributed by atoms with Gasteiger partial charge in [-0.2, -0.15) is 0 Å². The second-order valence-corrected chi connectivity index (χ2v) is 9.38. The van der Waals surface area contributed by atoms with E-state index in [-0.39, 0.29) is 0 Å². The fourth-order valence-electron chi connectivity index (χ4n) is 4.70. The number of hydrogen-bond donors (Lipinski definition) is 10. The van der Waals surface area contributed by atoms with Crippen molar-refractivity contribution in [2.24, 2.45) is 0 Å². The Morgan fingerprint density at radius 3 is 1.76 bits per heavy atom. The van der Waals surface area contributed by atoms with Crippen molar-refractivity contribution in [3.8, 4) is 0 Å². The zero-order valence-electron chi connectivity index (χ0n) is 20.3. The Hall–Kier alpha value is -1.09. The summed E-state index contributed by atoms with van der Waals surface area (Å²) in [5.74, 6) is -0.621. The Balaban J connectivity index is 1.81. The highest BCUT2D eigenvalue weighted by molar-refractivity contribution is 5.73. The molecule has 216 valence electrons. The molecular weight excluding hydrogens is 506 g/mol. The molecule has 0 aromatic carbocycles. The fourth-order valence-corrected chi connectivity index (χ4v) is 4.70. The number of ether oxygens (including phenoxy) is 5. The van der Waals surface area contributed by atoms with E-state index >= 15 is 0 Å². The van der Waals surface area contributed by atoms with Gasteiger partial charge in [-0.3, -0.25) is 4.79 Å². The number of aliphatic hydroxyl groups excluding tert-OH is 9. The first-order chi connectivity index (χ1) is 17.4. The smallest absolute Gasteiger partial charge is 0.217 e. The molecule has 0 aromatic rings. The minimum atomic E-state index is -1.81. The number of aliphatic hydroxyl groups is 9. The lowest BCUT2D eigenvalue weighted by atomic mass is 9.93. The molecule has 0 saturated carbocycles. The van der Waals surface area contributed by atoms with Crippen LogP contribution in [0.25, 0.3) is 0 Å². The molecule has 15 atom stereocenters. The van der Waals surface area contributed by atoms with Crippen molar-refractivity contribution in [3.05, 3.63) is 0 Å². The van der Waals surface area contributed by atoms with Crippen LogP contribution in [0.4, 0.5) is 0 Å². The molecule has 3 aliphatic heterocycles. The summed E-state index contributed by atoms with van der Waals surface area (Å²) in [5, 5.41) is 93.3. The standard InChI is InChI=1S/C21H37NO15/c1-6-18(16(31)13(28)8(3-23)33-6)36-20-11(22-7(2)26)14(29)19(10(5-25)35-20)37-21-17(32)15(30)12(27)9(4-24)34-21/h6,8-21,23-25,27-32H,3-5H2,1-2H3,(H,22,26)/t6-,8?,9?,10+,11+,12+,13-,14?,15+,16+,17?,18+,19-,20-,21+/m1/s1. The summed E-state index contributed by atoms with van der Waals surface area (Å²) in [6.07, 6.45) is -20.5. The summed E-state index contributed by atoms with van der Waals surface area (Å²) >= 11 is 0. The van der Waals surface area contributed by atoms with Gasteiger partial charge in [0.05, 0.1) is 25.9 Å². The predicted molar refractivity (Wildman–Crippen MR) is 116 cm³/mol. The van der Waals surface area contributed by atoms with Crippen molar-refractivity contribution >= 4 is 5.91 Å². The number of hydrogen-bond acceptors (Lipinski definition) is 15. The lowest BCUT2D eigenvalue weighted by Crippen LogP contribution is -2.69. The Bertz CT molecular complexity index is 745. The van der Waals surface area contributed by atoms with Gasteiger partial charge in [0, 0.05) is 6.92 Å². The minimum absolute atomic E-state index is 0.563. The summed E-state index contributed by atoms with van der Waals surface area (Å²) in [7, 11) is 0. The topological polar surface area (TPSA) is 257 Å². The normalized spacial score (nSPS) is 49.0. The lowest BCUT2D eigenvalue weighted by molar-refractivity contribution is -0.359. The van der Waals surface area contributed by atoms with Crippen molar-refractivity contribution in [1.82, 2.24) is 5.32 Å². The van der Waals surface area contributed by atoms with E-state index in [1.165, 1.54) is 6.92 Å². The zero-order valence-corrected chi connectivity index (χ0v) is 20.3. The Morgan fingerprint density at radius 2 is 1.19 bits per heavy atom. The van der Waals surface area contributed by atoms with Gasteiger partial charge in [-0.15, -0.1) is 0 Å². The molecule has 0 spiro atoms. The second kappa shape index (κ2) is 12.8. The molecule has 0 radical (unpaired) electrons. The van der Waals surface area contributed by atoms with Crippen molar-refractivity contribution in [3.63, 3.8) is 0 Å². The number of rotatable bonds is 8. The van der Waals surface area contributed by atoms with Gasteiger partial charge in [0.2, 0.25) is 5.91 Å². The highest BCUT2D eigenvalue weighted by Crippen LogP contribution is 2.32. The van der Waals surface area contributed by atoms with E-state index in [2.05, 4.69) is 5.32 Å². The third kappa shape index (κ3) is 6.39. The predicted octanol–water partition coefficient (Wildman–Crippen LogP) is -6.36. The maximum Gasteiger partial charge on any atom is 0.217 e. The van der Waals surface area contributed by atoms with Crippen LogP contribution in [0.3, 0.4) is 0 Å². The van der Waals surface area contributed by atoms with Crippen LogP contribution in [0.2, 0.25) is 0 Å². The first-order valence-electron chi connectivity index (χ1n) is 11.9. The maximum atomic E-state index is 11.9. The SMILES string of the molecule is CC(=O)N[C@H]1C(O)[C@H](O[C@@H]2OC(CO)[C@H](O)[C@H](O)C2O)[C@H](CO)O[C@@H]1O[C@@H]1[C@@H](O)[C@H](O)C(CO)O[C@@H]1C. The molecule has 0 aliphatic carbocycles. The zero-order chi connectivity index (χ0) is 27.6. The summed E-state index contributed by atoms with van der Waals surface area (Å²) in [6.45, 7) is 0.595. The van der Waals surface area contributed by atoms with Gasteiger partial charge >= 0.3 is 0 Å². The van der Waals surface area contributed by atoms with Crippen LogP contribution in [-0.2, 0) is 28.5 Å². The highest BCUT2D eigenvalue weighted by atomic mass is 16.7. The molecular formula is C21H37NO15. The van der Waals surface area contributed by atoms with E-state index in [4.69, 9.17) is 23.7 Å². The van der Waals surface area contributed by atoms with Crippen LogP contribution in [-0.4, -0.2) is 164 Å². The molecule has 0 aromatic heterocycles. The molecule has 16 heteroatoms. The Labute approximate surface area is 211 Å². The first-order valence-corrected chi connectivity index (χ1v) is 11.9. The monoisotopic (exact) mass is 543 g/mol. The third-order valence-electron chi connectivity index (χ3n) is 6.75. The van der Waals surface area contributed by atoms with E-state index in [1.807, 2.05) is 0 Å². The summed E-state index contributed by atoms with van der Waals surface area (Å²) in [4.78, 5) is 11.9. The van der Waals surface area contributed by atoms with E-state index < -0.39 is 118 Å². The summed E-state index contributed by atoms with van der Waals surface area (Å²) < 4.78 is 27.9. The molecule has 10 N–H and O–H groups in total. The molecule has 3 rings (SSSR count). The number of carbonyl (C=O) groups is 1. The van der Waals surface area contributed by atoms with Crippen molar-refractivity contribution in [1.29, 1.82) is 0 Å². The van der Waals surface area contributed by atoms with E-state index in [0.29, 0.717) is 0 Å². The first kappa shape index (κ1) is 30.5. The van der Waals surface area contributed by atoms with Crippen molar-refractivity contribution in [2.75, 3.05) is 19.8 Å². The molecule has 3 saturated heterocycles. The third-order valence-corrected chi connectivity index (χ3v) is 6.75. The van der Waals surface area contributed by atoms with Gasteiger partial charge in [-0.1, -0.05) is 0 Å². The van der Waals surface area contributed by atoms with Crippen molar-refractivity contribution < 1.29 is 74.4 Å². The molecule has 1 amide bonds. The summed E-state index contributed by atoms with van der Waals surface area (Å²) in [6, 6.07) is -1.37. The number of carbonyl (C=O) groups excluding carboxylic acids is 1. The average molecular weight is 544 g/mol. The molecule has 3 fully saturated rings. The van der Waals surface area contributed by atoms with Crippen LogP contribution >= 0.6 is 0 Å². The number of amides is 1. The van der Waals surface area contributed by atoms with Crippen LogP contribution < -0.4 is 5.32 Å². The quantitative estimate of drug-likeness (QED) is 0.137. The largest absolute Gasteiger partial charge is 0.394 e. The van der Waals surface area contributed by atoms with Gasteiger partial charge in [-0.05, 0) is 6.92 Å². The van der Waals surface area contributed by atoms with Crippen molar-refractivity contribution in [2.45, 2.75) is 106 Å². The fraction of sp³-hybridized carbons (Fsp3) is 0.952. The molecule has 3 aliphatic rings. The Kier molecular flexibility index (Phi) is 10.6. The van der Waals surface area contributed by atoms with Gasteiger partial charge in [-0.25, -0.2) is 0 Å². The molecule has 0 bridgehead atoms. The van der Waals surface area contributed by atoms with E-state index in [9.17, 15) is 50.8 Å². The molecule has 3 heterocycles. The molecule has 4 unspecified atom stereocenters. The lowest BCUT2D eigenvalue weighted by Gasteiger charge is -2.49.